The summed E-state index contributed by atoms with van der Waals surface area (Å²) in [6.07, 6.45) is -6.17. The summed E-state index contributed by atoms with van der Waals surface area (Å²) in [5, 5.41) is 56.7. The highest BCUT2D eigenvalue weighted by molar-refractivity contribution is 5.40. The molecule has 1 aromatic rings. The fourth-order valence-corrected chi connectivity index (χ4v) is 2.22. The summed E-state index contributed by atoms with van der Waals surface area (Å²) in [5.41, 5.74) is 0.694. The van der Waals surface area contributed by atoms with Crippen molar-refractivity contribution < 1.29 is 40.1 Å². The van der Waals surface area contributed by atoms with Crippen LogP contribution in [0.25, 0.3) is 0 Å². The van der Waals surface area contributed by atoms with Gasteiger partial charge < -0.3 is 40.1 Å². The molecule has 0 aliphatic carbocycles. The third-order valence-electron chi connectivity index (χ3n) is 3.56. The van der Waals surface area contributed by atoms with Crippen LogP contribution in [0.2, 0.25) is 0 Å². The van der Waals surface area contributed by atoms with Crippen molar-refractivity contribution >= 4 is 0 Å². The number of phenolic OH excluding ortho intramolecular Hbond substituents is 2. The van der Waals surface area contributed by atoms with Gasteiger partial charge in [-0.2, -0.15) is 0 Å². The SMILES string of the molecule is OC[C@H]1O[C@@H](OCCc2ccc(O)c(O)c2)[C@H](O)[C@H](O)[C@@H]1O. The van der Waals surface area contributed by atoms with Gasteiger partial charge in [-0.3, -0.25) is 0 Å². The lowest BCUT2D eigenvalue weighted by Gasteiger charge is -2.39. The smallest absolute Gasteiger partial charge is 0.186 e. The van der Waals surface area contributed by atoms with Crippen molar-refractivity contribution in [1.29, 1.82) is 0 Å². The zero-order chi connectivity index (χ0) is 16.3. The standard InChI is InChI=1S/C14H20O8/c15-6-10-11(18)12(19)13(20)14(22-10)21-4-3-7-1-2-8(16)9(17)5-7/h1-2,5,10-20H,3-4,6H2/t10-,11-,12-,13-,14-/m1/s1. The Kier molecular flexibility index (Phi) is 5.57. The number of phenols is 2. The number of hydrogen-bond donors (Lipinski definition) is 6. The van der Waals surface area contributed by atoms with Crippen molar-refractivity contribution in [3.63, 3.8) is 0 Å². The molecular weight excluding hydrogens is 296 g/mol. The first-order chi connectivity index (χ1) is 10.4. The number of aromatic hydroxyl groups is 2. The number of benzene rings is 1. The van der Waals surface area contributed by atoms with Crippen LogP contribution in [0.4, 0.5) is 0 Å². The Morgan fingerprint density at radius 2 is 1.73 bits per heavy atom. The lowest BCUT2D eigenvalue weighted by Crippen LogP contribution is -2.59. The first-order valence-electron chi connectivity index (χ1n) is 6.87. The second-order valence-electron chi connectivity index (χ2n) is 5.14. The van der Waals surface area contributed by atoms with Gasteiger partial charge in [0.2, 0.25) is 0 Å². The molecule has 1 fully saturated rings. The van der Waals surface area contributed by atoms with Gasteiger partial charge in [-0.25, -0.2) is 0 Å². The van der Waals surface area contributed by atoms with Gasteiger partial charge in [0.25, 0.3) is 0 Å². The molecule has 8 heteroatoms. The van der Waals surface area contributed by atoms with Crippen molar-refractivity contribution in [3.8, 4) is 11.5 Å². The number of aliphatic hydroxyl groups is 4. The van der Waals surface area contributed by atoms with Crippen LogP contribution in [-0.4, -0.2) is 74.6 Å². The van der Waals surface area contributed by atoms with Crippen molar-refractivity contribution in [2.75, 3.05) is 13.2 Å². The summed E-state index contributed by atoms with van der Waals surface area (Å²) >= 11 is 0. The average molecular weight is 316 g/mol. The maximum Gasteiger partial charge on any atom is 0.186 e. The van der Waals surface area contributed by atoms with Crippen LogP contribution in [0, 0.1) is 0 Å². The summed E-state index contributed by atoms with van der Waals surface area (Å²) in [5.74, 6) is -0.469. The van der Waals surface area contributed by atoms with E-state index >= 15 is 0 Å². The summed E-state index contributed by atoms with van der Waals surface area (Å²) in [6, 6.07) is 4.33. The van der Waals surface area contributed by atoms with E-state index in [2.05, 4.69) is 0 Å². The van der Waals surface area contributed by atoms with Crippen LogP contribution in [0.15, 0.2) is 18.2 Å². The Labute approximate surface area is 126 Å². The van der Waals surface area contributed by atoms with Crippen molar-refractivity contribution in [2.45, 2.75) is 37.1 Å². The van der Waals surface area contributed by atoms with Crippen LogP contribution in [0.3, 0.4) is 0 Å². The van der Waals surface area contributed by atoms with E-state index in [1.165, 1.54) is 12.1 Å². The quantitative estimate of drug-likeness (QED) is 0.359. The van der Waals surface area contributed by atoms with E-state index in [0.717, 1.165) is 0 Å². The minimum Gasteiger partial charge on any atom is -0.504 e. The number of aliphatic hydroxyl groups excluding tert-OH is 4. The Balaban J connectivity index is 1.88. The van der Waals surface area contributed by atoms with E-state index in [1.807, 2.05) is 0 Å². The van der Waals surface area contributed by atoms with Gasteiger partial charge in [0, 0.05) is 0 Å². The molecule has 1 aromatic carbocycles. The van der Waals surface area contributed by atoms with Gasteiger partial charge in [-0.1, -0.05) is 6.07 Å². The van der Waals surface area contributed by atoms with Crippen LogP contribution in [0.5, 0.6) is 11.5 Å². The maximum absolute atomic E-state index is 9.78. The van der Waals surface area contributed by atoms with Crippen LogP contribution >= 0.6 is 0 Å². The normalized spacial score (nSPS) is 32.1. The van der Waals surface area contributed by atoms with Crippen molar-refractivity contribution in [2.24, 2.45) is 0 Å². The molecule has 0 spiro atoms. The van der Waals surface area contributed by atoms with E-state index in [-0.39, 0.29) is 18.1 Å². The molecule has 2 rings (SSSR count). The van der Waals surface area contributed by atoms with Gasteiger partial charge in [-0.15, -0.1) is 0 Å². The Morgan fingerprint density at radius 1 is 1.00 bits per heavy atom. The van der Waals surface area contributed by atoms with Crippen molar-refractivity contribution in [3.05, 3.63) is 23.8 Å². The highest BCUT2D eigenvalue weighted by Gasteiger charge is 2.43. The minimum atomic E-state index is -1.48. The molecule has 0 aromatic heterocycles. The molecule has 22 heavy (non-hydrogen) atoms. The molecule has 0 radical (unpaired) electrons. The molecule has 124 valence electrons. The van der Waals surface area contributed by atoms with Crippen molar-refractivity contribution in [1.82, 2.24) is 0 Å². The molecule has 0 unspecified atom stereocenters. The summed E-state index contributed by atoms with van der Waals surface area (Å²) < 4.78 is 10.5. The number of hydrogen-bond acceptors (Lipinski definition) is 8. The molecule has 0 saturated carbocycles. The van der Waals surface area contributed by atoms with E-state index in [9.17, 15) is 25.5 Å². The highest BCUT2D eigenvalue weighted by atomic mass is 16.7. The van der Waals surface area contributed by atoms with E-state index in [0.29, 0.717) is 12.0 Å². The van der Waals surface area contributed by atoms with Crippen LogP contribution < -0.4 is 0 Å². The molecule has 1 heterocycles. The van der Waals surface area contributed by atoms with Crippen LogP contribution in [-0.2, 0) is 15.9 Å². The van der Waals surface area contributed by atoms with Gasteiger partial charge in [-0.05, 0) is 24.1 Å². The lowest BCUT2D eigenvalue weighted by molar-refractivity contribution is -0.300. The summed E-state index contributed by atoms with van der Waals surface area (Å²) in [6.45, 7) is -0.413. The third kappa shape index (κ3) is 3.67. The third-order valence-corrected chi connectivity index (χ3v) is 3.56. The average Bonchev–Trinajstić information content (AvgIpc) is 2.51. The molecule has 1 aliphatic rings. The van der Waals surface area contributed by atoms with E-state index in [1.54, 1.807) is 6.07 Å². The number of rotatable bonds is 5. The Morgan fingerprint density at radius 3 is 2.36 bits per heavy atom. The molecule has 6 N–H and O–H groups in total. The first-order valence-corrected chi connectivity index (χ1v) is 6.87. The van der Waals surface area contributed by atoms with Crippen LogP contribution in [0.1, 0.15) is 5.56 Å². The first kappa shape index (κ1) is 16.9. The summed E-state index contributed by atoms with van der Waals surface area (Å²) in [4.78, 5) is 0. The fourth-order valence-electron chi connectivity index (χ4n) is 2.22. The van der Waals surface area contributed by atoms with Gasteiger partial charge in [0.1, 0.15) is 24.4 Å². The predicted octanol–water partition coefficient (Wildman–Crippen LogP) is -1.54. The van der Waals surface area contributed by atoms with Gasteiger partial charge in [0.15, 0.2) is 17.8 Å². The zero-order valence-corrected chi connectivity index (χ0v) is 11.7. The monoisotopic (exact) mass is 316 g/mol. The maximum atomic E-state index is 9.78. The largest absolute Gasteiger partial charge is 0.504 e. The molecule has 5 atom stereocenters. The Hall–Kier alpha value is -1.42. The molecule has 8 nitrogen and oxygen atoms in total. The molecule has 0 bridgehead atoms. The molecule has 1 saturated heterocycles. The predicted molar refractivity (Wildman–Crippen MR) is 73.2 cm³/mol. The van der Waals surface area contributed by atoms with Gasteiger partial charge >= 0.3 is 0 Å². The summed E-state index contributed by atoms with van der Waals surface area (Å²) in [7, 11) is 0. The number of ether oxygens (including phenoxy) is 2. The zero-order valence-electron chi connectivity index (χ0n) is 11.7. The molecule has 1 aliphatic heterocycles. The minimum absolute atomic E-state index is 0.104. The van der Waals surface area contributed by atoms with Gasteiger partial charge in [0.05, 0.1) is 13.2 Å². The Bertz CT molecular complexity index is 492. The van der Waals surface area contributed by atoms with E-state index in [4.69, 9.17) is 14.6 Å². The fraction of sp³-hybridized carbons (Fsp3) is 0.571. The lowest BCUT2D eigenvalue weighted by atomic mass is 9.99. The second kappa shape index (κ2) is 7.23. The molecule has 0 amide bonds. The highest BCUT2D eigenvalue weighted by Crippen LogP contribution is 2.25. The van der Waals surface area contributed by atoms with E-state index < -0.39 is 37.3 Å². The topological polar surface area (TPSA) is 140 Å². The molecular formula is C14H20O8. The second-order valence-corrected chi connectivity index (χ2v) is 5.14.